The highest BCUT2D eigenvalue weighted by atomic mass is 35.5. The zero-order valence-electron chi connectivity index (χ0n) is 19.6. The Morgan fingerprint density at radius 3 is 2.51 bits per heavy atom. The number of benzene rings is 2. The van der Waals surface area contributed by atoms with Crippen LogP contribution in [0, 0.1) is 0 Å². The minimum atomic E-state index is -3.21. The van der Waals surface area contributed by atoms with Gasteiger partial charge in [-0.3, -0.25) is 9.69 Å². The molecule has 3 unspecified atom stereocenters. The van der Waals surface area contributed by atoms with Crippen LogP contribution in [-0.2, 0) is 26.8 Å². The van der Waals surface area contributed by atoms with Crippen molar-refractivity contribution in [3.8, 4) is 0 Å². The summed E-state index contributed by atoms with van der Waals surface area (Å²) in [6.07, 6.45) is 1.11. The molecule has 0 aliphatic carbocycles. The van der Waals surface area contributed by atoms with Gasteiger partial charge < -0.3 is 10.6 Å². The lowest BCUT2D eigenvalue weighted by Crippen LogP contribution is -2.52. The van der Waals surface area contributed by atoms with Crippen LogP contribution in [0.5, 0.6) is 0 Å². The van der Waals surface area contributed by atoms with Gasteiger partial charge in [0.2, 0.25) is 5.67 Å². The van der Waals surface area contributed by atoms with Crippen LogP contribution in [0.3, 0.4) is 0 Å². The van der Waals surface area contributed by atoms with Crippen molar-refractivity contribution >= 4 is 50.5 Å². The number of carbonyl (C=O) groups excluding carboxylic acids is 1. The average molecular weight is 565 g/mol. The summed E-state index contributed by atoms with van der Waals surface area (Å²) in [6, 6.07) is 11.3. The van der Waals surface area contributed by atoms with Crippen molar-refractivity contribution in [3.05, 3.63) is 68.7 Å². The summed E-state index contributed by atoms with van der Waals surface area (Å²) >= 11 is 18.2. The predicted molar refractivity (Wildman–Crippen MR) is 139 cm³/mol. The van der Waals surface area contributed by atoms with E-state index in [1.54, 1.807) is 24.3 Å². The molecule has 6 nitrogen and oxygen atoms in total. The molecule has 35 heavy (non-hydrogen) atoms. The van der Waals surface area contributed by atoms with Crippen molar-refractivity contribution in [2.24, 2.45) is 5.73 Å². The summed E-state index contributed by atoms with van der Waals surface area (Å²) < 4.78 is 40.6. The van der Waals surface area contributed by atoms with Crippen LogP contribution in [0.25, 0.3) is 0 Å². The fraction of sp³-hybridized carbons (Fsp3) is 0.458. The Labute approximate surface area is 221 Å². The van der Waals surface area contributed by atoms with Crippen LogP contribution in [0.2, 0.25) is 15.1 Å². The van der Waals surface area contributed by atoms with Crippen LogP contribution in [0.15, 0.2) is 42.5 Å². The molecule has 2 aromatic rings. The highest BCUT2D eigenvalue weighted by Crippen LogP contribution is 2.37. The van der Waals surface area contributed by atoms with Crippen LogP contribution < -0.4 is 5.73 Å². The summed E-state index contributed by atoms with van der Waals surface area (Å²) in [5.74, 6) is -0.740. The molecule has 192 valence electrons. The van der Waals surface area contributed by atoms with E-state index >= 15 is 4.39 Å². The smallest absolute Gasteiger partial charge is 0.265 e. The highest BCUT2D eigenvalue weighted by molar-refractivity contribution is 7.91. The summed E-state index contributed by atoms with van der Waals surface area (Å²) in [4.78, 5) is 16.6. The van der Waals surface area contributed by atoms with E-state index in [1.165, 1.54) is 36.4 Å². The Kier molecular flexibility index (Phi) is 9.10. The number of hydrogen-bond donors (Lipinski definition) is 1. The summed E-state index contributed by atoms with van der Waals surface area (Å²) in [6.45, 7) is 0.708. The molecule has 0 aromatic heterocycles. The number of halogens is 4. The second kappa shape index (κ2) is 11.3. The van der Waals surface area contributed by atoms with E-state index in [0.717, 1.165) is 5.56 Å². The van der Waals surface area contributed by atoms with E-state index in [1.807, 2.05) is 4.90 Å². The maximum atomic E-state index is 16.7. The standard InChI is InChI=1S/C24H29Cl3FN3O3S/c1-30(15-16-4-3-5-18(25)12-16)23(32)24(28,17-6-7-20(26)21(27)13-17)9-11-31-10-8-19(14-22(31)29)35(2,33)34/h3-7,12-13,19,22H,8-11,14-15,29H2,1-2H3. The molecule has 1 fully saturated rings. The van der Waals surface area contributed by atoms with Gasteiger partial charge in [-0.25, -0.2) is 12.8 Å². The summed E-state index contributed by atoms with van der Waals surface area (Å²) in [7, 11) is -1.69. The van der Waals surface area contributed by atoms with Gasteiger partial charge in [-0.15, -0.1) is 0 Å². The molecule has 1 amide bonds. The lowest BCUT2D eigenvalue weighted by molar-refractivity contribution is -0.145. The molecule has 0 spiro atoms. The van der Waals surface area contributed by atoms with Gasteiger partial charge in [0.15, 0.2) is 0 Å². The van der Waals surface area contributed by atoms with Gasteiger partial charge in [0.1, 0.15) is 9.84 Å². The molecular formula is C24H29Cl3FN3O3S. The fourth-order valence-corrected chi connectivity index (χ4v) is 5.97. The number of nitrogens with two attached hydrogens (primary N) is 1. The van der Waals surface area contributed by atoms with Crippen molar-refractivity contribution in [1.29, 1.82) is 0 Å². The highest BCUT2D eigenvalue weighted by Gasteiger charge is 2.44. The normalized spacial score (nSPS) is 20.9. The number of nitrogens with zero attached hydrogens (tertiary/aromatic N) is 2. The van der Waals surface area contributed by atoms with Crippen molar-refractivity contribution < 1.29 is 17.6 Å². The average Bonchev–Trinajstić information content (AvgIpc) is 2.78. The second-order valence-electron chi connectivity index (χ2n) is 9.05. The maximum Gasteiger partial charge on any atom is 0.265 e. The number of likely N-dealkylation sites (tertiary alicyclic amines) is 1. The molecule has 1 heterocycles. The Morgan fingerprint density at radius 2 is 1.91 bits per heavy atom. The van der Waals surface area contributed by atoms with Crippen LogP contribution in [-0.4, -0.2) is 61.9 Å². The van der Waals surface area contributed by atoms with Crippen molar-refractivity contribution in [1.82, 2.24) is 9.80 Å². The maximum absolute atomic E-state index is 16.7. The second-order valence-corrected chi connectivity index (χ2v) is 12.6. The Bertz CT molecular complexity index is 1180. The zero-order chi connectivity index (χ0) is 26.0. The van der Waals surface area contributed by atoms with E-state index < -0.39 is 32.8 Å². The molecule has 0 bridgehead atoms. The first-order valence-corrected chi connectivity index (χ1v) is 14.2. The minimum Gasteiger partial charge on any atom is -0.338 e. The molecule has 3 rings (SSSR count). The van der Waals surface area contributed by atoms with Gasteiger partial charge in [0, 0.05) is 49.9 Å². The third kappa shape index (κ3) is 6.87. The Morgan fingerprint density at radius 1 is 1.20 bits per heavy atom. The number of sulfone groups is 1. The lowest BCUT2D eigenvalue weighted by atomic mass is 9.89. The number of alkyl halides is 1. The third-order valence-corrected chi connectivity index (χ3v) is 9.05. The van der Waals surface area contributed by atoms with E-state index in [2.05, 4.69) is 0 Å². The molecule has 1 saturated heterocycles. The molecule has 0 saturated carbocycles. The molecule has 1 aliphatic rings. The molecule has 0 radical (unpaired) electrons. The van der Waals surface area contributed by atoms with E-state index in [9.17, 15) is 13.2 Å². The van der Waals surface area contributed by atoms with Gasteiger partial charge in [0.25, 0.3) is 5.91 Å². The number of carbonyl (C=O) groups is 1. The van der Waals surface area contributed by atoms with Crippen molar-refractivity contribution in [2.45, 2.75) is 42.9 Å². The van der Waals surface area contributed by atoms with Crippen LogP contribution in [0.1, 0.15) is 30.4 Å². The predicted octanol–water partition coefficient (Wildman–Crippen LogP) is 4.65. The van der Waals surface area contributed by atoms with Gasteiger partial charge >= 0.3 is 0 Å². The van der Waals surface area contributed by atoms with E-state index in [0.29, 0.717) is 18.0 Å². The number of hydrogen-bond acceptors (Lipinski definition) is 5. The first kappa shape index (κ1) is 28.2. The SMILES string of the molecule is CN(Cc1cccc(Cl)c1)C(=O)C(F)(CCN1CCC(S(C)(=O)=O)CC1N)c1ccc(Cl)c(Cl)c1. The van der Waals surface area contributed by atoms with E-state index in [-0.39, 0.29) is 41.5 Å². The molecule has 1 aliphatic heterocycles. The Hall–Kier alpha value is -1.42. The van der Waals surface area contributed by atoms with Gasteiger partial charge in [-0.1, -0.05) is 53.0 Å². The summed E-state index contributed by atoms with van der Waals surface area (Å²) in [5, 5.41) is 0.389. The quantitative estimate of drug-likeness (QED) is 0.504. The minimum absolute atomic E-state index is 0.0921. The Balaban J connectivity index is 1.83. The number of piperidine rings is 1. The van der Waals surface area contributed by atoms with Gasteiger partial charge in [-0.05, 0) is 42.7 Å². The topological polar surface area (TPSA) is 83.7 Å². The fourth-order valence-electron chi connectivity index (χ4n) is 4.38. The largest absolute Gasteiger partial charge is 0.338 e. The zero-order valence-corrected chi connectivity index (χ0v) is 22.6. The summed E-state index contributed by atoms with van der Waals surface area (Å²) in [5.41, 5.74) is 4.67. The monoisotopic (exact) mass is 563 g/mol. The third-order valence-electron chi connectivity index (χ3n) is 6.43. The molecular weight excluding hydrogens is 536 g/mol. The molecule has 2 aromatic carbocycles. The van der Waals surface area contributed by atoms with Gasteiger partial charge in [0.05, 0.1) is 21.5 Å². The molecule has 3 atom stereocenters. The molecule has 2 N–H and O–H groups in total. The number of likely N-dealkylation sites (N-methyl/N-ethyl adjacent to an activating group) is 1. The van der Waals surface area contributed by atoms with Crippen LogP contribution in [0.4, 0.5) is 4.39 Å². The first-order chi connectivity index (χ1) is 16.3. The van der Waals surface area contributed by atoms with Crippen molar-refractivity contribution in [3.63, 3.8) is 0 Å². The molecule has 11 heteroatoms. The number of rotatable bonds is 8. The first-order valence-electron chi connectivity index (χ1n) is 11.1. The van der Waals surface area contributed by atoms with Crippen molar-refractivity contribution in [2.75, 3.05) is 26.4 Å². The van der Waals surface area contributed by atoms with E-state index in [4.69, 9.17) is 40.5 Å². The van der Waals surface area contributed by atoms with Gasteiger partial charge in [-0.2, -0.15) is 0 Å². The lowest BCUT2D eigenvalue weighted by Gasteiger charge is -2.38. The van der Waals surface area contributed by atoms with Crippen LogP contribution >= 0.6 is 34.8 Å². The number of amides is 1.